The minimum Gasteiger partial charge on any atom is -0.376 e. The number of hydrogen-bond donors (Lipinski definition) is 3. The average molecular weight is 293 g/mol. The zero-order valence-electron chi connectivity index (χ0n) is 12.4. The Morgan fingerprint density at radius 2 is 2.10 bits per heavy atom. The van der Waals surface area contributed by atoms with Gasteiger partial charge in [0.2, 0.25) is 0 Å². The van der Waals surface area contributed by atoms with Crippen molar-refractivity contribution < 1.29 is 9.53 Å². The van der Waals surface area contributed by atoms with E-state index in [-0.39, 0.29) is 23.1 Å². The molecule has 6 nitrogen and oxygen atoms in total. The summed E-state index contributed by atoms with van der Waals surface area (Å²) >= 11 is 0. The van der Waals surface area contributed by atoms with Crippen molar-refractivity contribution in [3.05, 3.63) is 33.7 Å². The number of rotatable bonds is 5. The van der Waals surface area contributed by atoms with Crippen LogP contribution in [-0.2, 0) is 4.74 Å². The molecule has 0 unspecified atom stereocenters. The number of aromatic amines is 1. The molecule has 0 aromatic carbocycles. The fourth-order valence-corrected chi connectivity index (χ4v) is 2.49. The number of nitrogens with two attached hydrogens (primary N) is 1. The second-order valence-electron chi connectivity index (χ2n) is 5.55. The summed E-state index contributed by atoms with van der Waals surface area (Å²) in [6.07, 6.45) is 4.19. The van der Waals surface area contributed by atoms with Crippen LogP contribution in [-0.4, -0.2) is 36.2 Å². The largest absolute Gasteiger partial charge is 0.376 e. The Hall–Kier alpha value is -1.66. The first-order valence-corrected chi connectivity index (χ1v) is 7.41. The summed E-state index contributed by atoms with van der Waals surface area (Å²) < 4.78 is 5.71. The van der Waals surface area contributed by atoms with Gasteiger partial charge in [0.05, 0.1) is 12.7 Å². The topological polar surface area (TPSA) is 97.2 Å². The standard InChI is InChI=1S/C15H23N3O3/c1-10-2-7-13(15(20)18-10)14(19)17-8-9-21-12-5-3-11(16)4-6-12/h2,7,11-12H,3-6,8-9,16H2,1H3,(H,17,19)(H,18,20). The van der Waals surface area contributed by atoms with Gasteiger partial charge in [0.1, 0.15) is 5.56 Å². The average Bonchev–Trinajstić information content (AvgIpc) is 2.45. The maximum Gasteiger partial charge on any atom is 0.260 e. The van der Waals surface area contributed by atoms with Crippen molar-refractivity contribution in [1.29, 1.82) is 0 Å². The van der Waals surface area contributed by atoms with Crippen molar-refractivity contribution in [3.63, 3.8) is 0 Å². The molecule has 1 aromatic heterocycles. The Labute approximate surface area is 124 Å². The number of ether oxygens (including phenoxy) is 1. The van der Waals surface area contributed by atoms with Gasteiger partial charge in [0.25, 0.3) is 11.5 Å². The number of aryl methyl sites for hydroxylation is 1. The molecule has 1 aliphatic carbocycles. The third kappa shape index (κ3) is 4.68. The second-order valence-corrected chi connectivity index (χ2v) is 5.55. The first kappa shape index (κ1) is 15.7. The van der Waals surface area contributed by atoms with Gasteiger partial charge in [-0.1, -0.05) is 0 Å². The number of carbonyl (C=O) groups is 1. The van der Waals surface area contributed by atoms with E-state index < -0.39 is 0 Å². The highest BCUT2D eigenvalue weighted by atomic mass is 16.5. The second kappa shape index (κ2) is 7.38. The number of nitrogens with one attached hydrogen (secondary N) is 2. The van der Waals surface area contributed by atoms with Gasteiger partial charge in [-0.15, -0.1) is 0 Å². The molecule has 0 bridgehead atoms. The van der Waals surface area contributed by atoms with Crippen LogP contribution in [0.25, 0.3) is 0 Å². The highest BCUT2D eigenvalue weighted by molar-refractivity contribution is 5.93. The van der Waals surface area contributed by atoms with Crippen molar-refractivity contribution in [2.45, 2.75) is 44.8 Å². The summed E-state index contributed by atoms with van der Waals surface area (Å²) in [7, 11) is 0. The molecule has 0 radical (unpaired) electrons. The predicted octanol–water partition coefficient (Wildman–Crippen LogP) is 0.700. The first-order chi connectivity index (χ1) is 10.1. The number of aromatic nitrogens is 1. The third-order valence-corrected chi connectivity index (χ3v) is 3.76. The number of pyridine rings is 1. The molecule has 2 rings (SSSR count). The van der Waals surface area contributed by atoms with Crippen LogP contribution in [0.5, 0.6) is 0 Å². The number of hydrogen-bond acceptors (Lipinski definition) is 4. The van der Waals surface area contributed by atoms with Gasteiger partial charge in [0.15, 0.2) is 0 Å². The summed E-state index contributed by atoms with van der Waals surface area (Å²) in [5.74, 6) is -0.370. The lowest BCUT2D eigenvalue weighted by Crippen LogP contribution is -2.34. The van der Waals surface area contributed by atoms with E-state index in [0.29, 0.717) is 19.2 Å². The smallest absolute Gasteiger partial charge is 0.260 e. The summed E-state index contributed by atoms with van der Waals surface area (Å²) in [6.45, 7) is 2.62. The van der Waals surface area contributed by atoms with E-state index in [1.807, 2.05) is 0 Å². The van der Waals surface area contributed by atoms with Crippen molar-refractivity contribution in [2.75, 3.05) is 13.2 Å². The van der Waals surface area contributed by atoms with Crippen LogP contribution in [0.4, 0.5) is 0 Å². The predicted molar refractivity (Wildman–Crippen MR) is 80.3 cm³/mol. The minimum absolute atomic E-state index is 0.129. The number of amides is 1. The molecule has 1 heterocycles. The van der Waals surface area contributed by atoms with Gasteiger partial charge in [-0.25, -0.2) is 0 Å². The molecule has 0 spiro atoms. The summed E-state index contributed by atoms with van der Waals surface area (Å²) in [5.41, 5.74) is 6.33. The van der Waals surface area contributed by atoms with E-state index in [4.69, 9.17) is 10.5 Å². The molecule has 1 amide bonds. The summed E-state index contributed by atoms with van der Waals surface area (Å²) in [4.78, 5) is 26.1. The van der Waals surface area contributed by atoms with Crippen molar-refractivity contribution in [2.24, 2.45) is 5.73 Å². The molecule has 0 atom stereocenters. The Bertz CT molecular complexity index is 533. The summed E-state index contributed by atoms with van der Waals surface area (Å²) in [6, 6.07) is 3.54. The quantitative estimate of drug-likeness (QED) is 0.696. The van der Waals surface area contributed by atoms with E-state index in [2.05, 4.69) is 10.3 Å². The molecule has 1 aromatic rings. The van der Waals surface area contributed by atoms with Gasteiger partial charge < -0.3 is 20.8 Å². The van der Waals surface area contributed by atoms with Crippen LogP contribution in [0, 0.1) is 6.92 Å². The van der Waals surface area contributed by atoms with Gasteiger partial charge >= 0.3 is 0 Å². The lowest BCUT2D eigenvalue weighted by atomic mass is 9.94. The van der Waals surface area contributed by atoms with Gasteiger partial charge in [-0.3, -0.25) is 9.59 Å². The van der Waals surface area contributed by atoms with Gasteiger partial charge in [-0.05, 0) is 44.7 Å². The molecule has 0 aliphatic heterocycles. The Balaban J connectivity index is 1.71. The lowest BCUT2D eigenvalue weighted by Gasteiger charge is -2.26. The molecular weight excluding hydrogens is 270 g/mol. The monoisotopic (exact) mass is 293 g/mol. The number of carbonyl (C=O) groups excluding carboxylic acids is 1. The normalized spacial score (nSPS) is 22.0. The fraction of sp³-hybridized carbons (Fsp3) is 0.600. The first-order valence-electron chi connectivity index (χ1n) is 7.41. The highest BCUT2D eigenvalue weighted by Gasteiger charge is 2.18. The Kier molecular flexibility index (Phi) is 5.52. The van der Waals surface area contributed by atoms with Crippen molar-refractivity contribution in [3.8, 4) is 0 Å². The van der Waals surface area contributed by atoms with Gasteiger partial charge in [-0.2, -0.15) is 0 Å². The molecule has 4 N–H and O–H groups in total. The molecule has 6 heteroatoms. The van der Waals surface area contributed by atoms with Crippen LogP contribution in [0.2, 0.25) is 0 Å². The maximum atomic E-state index is 11.9. The SMILES string of the molecule is Cc1ccc(C(=O)NCCOC2CCC(N)CC2)c(=O)[nH]1. The Morgan fingerprint density at radius 3 is 2.76 bits per heavy atom. The highest BCUT2D eigenvalue weighted by Crippen LogP contribution is 2.19. The number of H-pyrrole nitrogens is 1. The van der Waals surface area contributed by atoms with Crippen molar-refractivity contribution in [1.82, 2.24) is 10.3 Å². The minimum atomic E-state index is -0.370. The fourth-order valence-electron chi connectivity index (χ4n) is 2.49. The van der Waals surface area contributed by atoms with Crippen LogP contribution in [0.15, 0.2) is 16.9 Å². The van der Waals surface area contributed by atoms with Crippen LogP contribution < -0.4 is 16.6 Å². The van der Waals surface area contributed by atoms with Crippen molar-refractivity contribution >= 4 is 5.91 Å². The molecule has 116 valence electrons. The lowest BCUT2D eigenvalue weighted by molar-refractivity contribution is 0.0267. The van der Waals surface area contributed by atoms with Crippen LogP contribution in [0.1, 0.15) is 41.7 Å². The molecule has 21 heavy (non-hydrogen) atoms. The van der Waals surface area contributed by atoms with E-state index in [1.54, 1.807) is 13.0 Å². The Morgan fingerprint density at radius 1 is 1.38 bits per heavy atom. The molecular formula is C15H23N3O3. The van der Waals surface area contributed by atoms with E-state index in [0.717, 1.165) is 31.4 Å². The van der Waals surface area contributed by atoms with Crippen LogP contribution in [0.3, 0.4) is 0 Å². The molecule has 1 saturated carbocycles. The third-order valence-electron chi connectivity index (χ3n) is 3.76. The molecule has 0 saturated heterocycles. The molecule has 1 aliphatic rings. The van der Waals surface area contributed by atoms with Gasteiger partial charge in [0, 0.05) is 18.3 Å². The van der Waals surface area contributed by atoms with E-state index in [1.165, 1.54) is 6.07 Å². The van der Waals surface area contributed by atoms with E-state index in [9.17, 15) is 9.59 Å². The van der Waals surface area contributed by atoms with Crippen LogP contribution >= 0.6 is 0 Å². The summed E-state index contributed by atoms with van der Waals surface area (Å²) in [5, 5.41) is 2.70. The molecule has 1 fully saturated rings. The zero-order chi connectivity index (χ0) is 15.2. The zero-order valence-corrected chi connectivity index (χ0v) is 12.4. The maximum absolute atomic E-state index is 11.9. The van der Waals surface area contributed by atoms with E-state index >= 15 is 0 Å².